The van der Waals surface area contributed by atoms with E-state index in [-0.39, 0.29) is 24.5 Å². The average Bonchev–Trinajstić information content (AvgIpc) is 2.28. The second-order valence-corrected chi connectivity index (χ2v) is 4.22. The Balaban J connectivity index is 2.47. The minimum absolute atomic E-state index is 0.0853. The summed E-state index contributed by atoms with van der Waals surface area (Å²) in [6, 6.07) is -0.732. The number of piperidine rings is 1. The van der Waals surface area contributed by atoms with Crippen LogP contribution in [0.5, 0.6) is 0 Å². The number of aliphatic hydroxyl groups is 1. The molecule has 0 saturated carbocycles. The van der Waals surface area contributed by atoms with Crippen LogP contribution in [0.15, 0.2) is 0 Å². The van der Waals surface area contributed by atoms with Crippen molar-refractivity contribution in [3.05, 3.63) is 0 Å². The molecule has 4 N–H and O–H groups in total. The molecular formula is C10H19N3O3. The standard InChI is InChI=1S/C10H19N3O3/c1-7(6-14)12-9(15)8-3-2-4-13(5-8)10(11)16/h7-8,14H,2-6H2,1H3,(H2,11,16)(H,12,15). The van der Waals surface area contributed by atoms with Gasteiger partial charge in [-0.2, -0.15) is 0 Å². The average molecular weight is 229 g/mol. The molecule has 0 aromatic carbocycles. The Morgan fingerprint density at radius 1 is 1.62 bits per heavy atom. The van der Waals surface area contributed by atoms with Crippen LogP contribution in [0.4, 0.5) is 4.79 Å². The number of nitrogens with two attached hydrogens (primary N) is 1. The normalized spacial score (nSPS) is 22.6. The molecule has 0 aromatic heterocycles. The smallest absolute Gasteiger partial charge is 0.314 e. The Labute approximate surface area is 94.8 Å². The predicted octanol–water partition coefficient (Wildman–Crippen LogP) is -0.726. The van der Waals surface area contributed by atoms with Crippen LogP contribution in [0.2, 0.25) is 0 Å². The van der Waals surface area contributed by atoms with E-state index in [0.717, 1.165) is 12.8 Å². The molecule has 1 heterocycles. The lowest BCUT2D eigenvalue weighted by Crippen LogP contribution is -2.49. The molecule has 1 aliphatic heterocycles. The first kappa shape index (κ1) is 12.8. The second-order valence-electron chi connectivity index (χ2n) is 4.22. The molecule has 6 nitrogen and oxygen atoms in total. The van der Waals surface area contributed by atoms with Gasteiger partial charge in [-0.05, 0) is 19.8 Å². The van der Waals surface area contributed by atoms with E-state index in [1.54, 1.807) is 6.92 Å². The summed E-state index contributed by atoms with van der Waals surface area (Å²) in [4.78, 5) is 24.2. The third-order valence-corrected chi connectivity index (χ3v) is 2.77. The lowest BCUT2D eigenvalue weighted by molar-refractivity contribution is -0.127. The number of amides is 3. The van der Waals surface area contributed by atoms with Crippen LogP contribution >= 0.6 is 0 Å². The van der Waals surface area contributed by atoms with Gasteiger partial charge in [-0.15, -0.1) is 0 Å². The highest BCUT2D eigenvalue weighted by atomic mass is 16.3. The van der Waals surface area contributed by atoms with Crippen molar-refractivity contribution in [1.29, 1.82) is 0 Å². The highest BCUT2D eigenvalue weighted by Gasteiger charge is 2.27. The molecule has 0 radical (unpaired) electrons. The molecule has 3 amide bonds. The Hall–Kier alpha value is -1.30. The predicted molar refractivity (Wildman–Crippen MR) is 58.6 cm³/mol. The quantitative estimate of drug-likeness (QED) is 0.595. The number of carbonyl (C=O) groups excluding carboxylic acids is 2. The zero-order chi connectivity index (χ0) is 12.1. The third kappa shape index (κ3) is 3.37. The van der Waals surface area contributed by atoms with E-state index in [1.165, 1.54) is 4.90 Å². The molecule has 2 atom stereocenters. The number of rotatable bonds is 3. The van der Waals surface area contributed by atoms with Crippen molar-refractivity contribution in [3.63, 3.8) is 0 Å². The molecule has 0 bridgehead atoms. The summed E-state index contributed by atoms with van der Waals surface area (Å²) < 4.78 is 0. The van der Waals surface area contributed by atoms with Gasteiger partial charge in [0.05, 0.1) is 12.5 Å². The fourth-order valence-electron chi connectivity index (χ4n) is 1.80. The van der Waals surface area contributed by atoms with Gasteiger partial charge in [-0.3, -0.25) is 4.79 Å². The number of carbonyl (C=O) groups is 2. The molecule has 16 heavy (non-hydrogen) atoms. The van der Waals surface area contributed by atoms with Gasteiger partial charge in [-0.1, -0.05) is 0 Å². The number of nitrogens with zero attached hydrogens (tertiary/aromatic N) is 1. The van der Waals surface area contributed by atoms with Gasteiger partial charge >= 0.3 is 6.03 Å². The first-order valence-electron chi connectivity index (χ1n) is 5.50. The summed E-state index contributed by atoms with van der Waals surface area (Å²) in [5.74, 6) is -0.331. The van der Waals surface area contributed by atoms with Crippen molar-refractivity contribution < 1.29 is 14.7 Å². The number of urea groups is 1. The van der Waals surface area contributed by atoms with Gasteiger partial charge in [0, 0.05) is 19.1 Å². The molecule has 1 aliphatic rings. The first-order chi connectivity index (χ1) is 7.54. The van der Waals surface area contributed by atoms with Crippen molar-refractivity contribution in [3.8, 4) is 0 Å². The van der Waals surface area contributed by atoms with Gasteiger partial charge in [0.15, 0.2) is 0 Å². The van der Waals surface area contributed by atoms with Crippen LogP contribution in [-0.4, -0.2) is 47.7 Å². The highest BCUT2D eigenvalue weighted by Crippen LogP contribution is 2.16. The van der Waals surface area contributed by atoms with Crippen LogP contribution < -0.4 is 11.1 Å². The summed E-state index contributed by atoms with van der Waals surface area (Å²) in [6.07, 6.45) is 1.54. The fraction of sp³-hybridized carbons (Fsp3) is 0.800. The van der Waals surface area contributed by atoms with Crippen LogP contribution in [0.25, 0.3) is 0 Å². The van der Waals surface area contributed by atoms with Gasteiger partial charge in [0.2, 0.25) is 5.91 Å². The van der Waals surface area contributed by atoms with E-state index < -0.39 is 6.03 Å². The Morgan fingerprint density at radius 3 is 2.88 bits per heavy atom. The SMILES string of the molecule is CC(CO)NC(=O)C1CCCN(C(N)=O)C1. The summed E-state index contributed by atoms with van der Waals surface area (Å²) in [5.41, 5.74) is 5.17. The molecule has 2 unspecified atom stereocenters. The maximum atomic E-state index is 11.7. The zero-order valence-corrected chi connectivity index (χ0v) is 9.48. The summed E-state index contributed by atoms with van der Waals surface area (Å²) in [5, 5.41) is 11.5. The van der Waals surface area contributed by atoms with E-state index in [0.29, 0.717) is 13.1 Å². The van der Waals surface area contributed by atoms with E-state index in [4.69, 9.17) is 10.8 Å². The van der Waals surface area contributed by atoms with Crippen molar-refractivity contribution >= 4 is 11.9 Å². The number of primary amides is 1. The molecule has 0 spiro atoms. The molecule has 92 valence electrons. The minimum atomic E-state index is -0.479. The van der Waals surface area contributed by atoms with E-state index in [9.17, 15) is 9.59 Å². The summed E-state index contributed by atoms with van der Waals surface area (Å²) in [6.45, 7) is 2.64. The largest absolute Gasteiger partial charge is 0.394 e. The minimum Gasteiger partial charge on any atom is -0.394 e. The van der Waals surface area contributed by atoms with Crippen molar-refractivity contribution in [1.82, 2.24) is 10.2 Å². The summed E-state index contributed by atoms with van der Waals surface area (Å²) >= 11 is 0. The summed E-state index contributed by atoms with van der Waals surface area (Å²) in [7, 11) is 0. The number of hydrogen-bond acceptors (Lipinski definition) is 3. The maximum Gasteiger partial charge on any atom is 0.314 e. The van der Waals surface area contributed by atoms with Crippen LogP contribution in [0.3, 0.4) is 0 Å². The topological polar surface area (TPSA) is 95.7 Å². The second kappa shape index (κ2) is 5.69. The van der Waals surface area contributed by atoms with Crippen molar-refractivity contribution in [2.75, 3.05) is 19.7 Å². The lowest BCUT2D eigenvalue weighted by Gasteiger charge is -2.31. The molecular weight excluding hydrogens is 210 g/mol. The van der Waals surface area contributed by atoms with Crippen LogP contribution in [-0.2, 0) is 4.79 Å². The van der Waals surface area contributed by atoms with Gasteiger partial charge in [-0.25, -0.2) is 4.79 Å². The van der Waals surface area contributed by atoms with Gasteiger partial charge in [0.25, 0.3) is 0 Å². The first-order valence-corrected chi connectivity index (χ1v) is 5.50. The fourth-order valence-corrected chi connectivity index (χ4v) is 1.80. The lowest BCUT2D eigenvalue weighted by atomic mass is 9.97. The van der Waals surface area contributed by atoms with Gasteiger partial charge in [0.1, 0.15) is 0 Å². The van der Waals surface area contributed by atoms with Gasteiger partial charge < -0.3 is 21.1 Å². The Morgan fingerprint density at radius 2 is 2.31 bits per heavy atom. The number of aliphatic hydroxyl groups excluding tert-OH is 1. The van der Waals surface area contributed by atoms with Crippen molar-refractivity contribution in [2.45, 2.75) is 25.8 Å². The van der Waals surface area contributed by atoms with E-state index in [1.807, 2.05) is 0 Å². The molecule has 0 aliphatic carbocycles. The molecule has 1 saturated heterocycles. The number of nitrogens with one attached hydrogen (secondary N) is 1. The van der Waals surface area contributed by atoms with E-state index >= 15 is 0 Å². The third-order valence-electron chi connectivity index (χ3n) is 2.77. The molecule has 1 fully saturated rings. The molecule has 1 rings (SSSR count). The maximum absolute atomic E-state index is 11.7. The highest BCUT2D eigenvalue weighted by molar-refractivity contribution is 5.80. The number of likely N-dealkylation sites (tertiary alicyclic amines) is 1. The zero-order valence-electron chi connectivity index (χ0n) is 9.48. The Kier molecular flexibility index (Phi) is 4.54. The number of hydrogen-bond donors (Lipinski definition) is 3. The molecule has 0 aromatic rings. The van der Waals surface area contributed by atoms with Crippen molar-refractivity contribution in [2.24, 2.45) is 11.7 Å². The van der Waals surface area contributed by atoms with E-state index in [2.05, 4.69) is 5.32 Å². The van der Waals surface area contributed by atoms with Crippen LogP contribution in [0, 0.1) is 5.92 Å². The van der Waals surface area contributed by atoms with Crippen LogP contribution in [0.1, 0.15) is 19.8 Å². The monoisotopic (exact) mass is 229 g/mol. The Bertz CT molecular complexity index is 270. The molecule has 6 heteroatoms.